The van der Waals surface area contributed by atoms with Crippen LogP contribution in [0.3, 0.4) is 0 Å². The number of halogens is 2. The second kappa shape index (κ2) is 7.73. The van der Waals surface area contributed by atoms with Crippen molar-refractivity contribution in [2.24, 2.45) is 0 Å². The fourth-order valence-electron chi connectivity index (χ4n) is 4.55. The maximum atomic E-state index is 13.4. The van der Waals surface area contributed by atoms with E-state index >= 15 is 0 Å². The molecule has 1 heterocycles. The highest BCUT2D eigenvalue weighted by molar-refractivity contribution is 6.42. The zero-order chi connectivity index (χ0) is 19.0. The van der Waals surface area contributed by atoms with Gasteiger partial charge in [-0.1, -0.05) is 54.2 Å². The Balaban J connectivity index is 1.61. The van der Waals surface area contributed by atoms with Gasteiger partial charge < -0.3 is 9.80 Å². The minimum Gasteiger partial charge on any atom is -0.374 e. The third-order valence-electron chi connectivity index (χ3n) is 5.84. The largest absolute Gasteiger partial charge is 0.374 e. The maximum absolute atomic E-state index is 13.4. The molecule has 27 heavy (non-hydrogen) atoms. The molecule has 0 N–H and O–H groups in total. The van der Waals surface area contributed by atoms with Crippen molar-refractivity contribution in [2.75, 3.05) is 23.4 Å². The molecule has 1 atom stereocenters. The summed E-state index contributed by atoms with van der Waals surface area (Å²) in [5.41, 5.74) is 3.37. The summed E-state index contributed by atoms with van der Waals surface area (Å²) in [6, 6.07) is 14.2. The number of carbonyl (C=O) groups excluding carboxylic acids is 1. The third kappa shape index (κ3) is 3.68. The van der Waals surface area contributed by atoms with E-state index in [1.807, 2.05) is 17.0 Å². The fourth-order valence-corrected chi connectivity index (χ4v) is 4.84. The molecule has 1 amide bonds. The number of fused-ring (bicyclic) bond motifs is 1. The molecular weight excluding hydrogens is 379 g/mol. The molecule has 1 aliphatic carbocycles. The summed E-state index contributed by atoms with van der Waals surface area (Å²) in [6.07, 6.45) is 4.95. The lowest BCUT2D eigenvalue weighted by molar-refractivity contribution is -0.119. The minimum absolute atomic E-state index is 0.176. The van der Waals surface area contributed by atoms with Crippen molar-refractivity contribution in [3.8, 4) is 0 Å². The number of hydrogen-bond donors (Lipinski definition) is 0. The minimum atomic E-state index is 0.176. The first-order chi connectivity index (χ1) is 13.0. The second-order valence-corrected chi connectivity index (χ2v) is 8.46. The van der Waals surface area contributed by atoms with Crippen molar-refractivity contribution >= 4 is 40.5 Å². The van der Waals surface area contributed by atoms with Crippen molar-refractivity contribution in [3.63, 3.8) is 0 Å². The Hall–Kier alpha value is -1.71. The lowest BCUT2D eigenvalue weighted by atomic mass is 9.96. The lowest BCUT2D eigenvalue weighted by Gasteiger charge is -2.30. The van der Waals surface area contributed by atoms with Gasteiger partial charge in [0.1, 0.15) is 0 Å². The molecule has 2 aromatic carbocycles. The number of anilines is 2. The summed E-state index contributed by atoms with van der Waals surface area (Å²) >= 11 is 12.3. The predicted octanol–water partition coefficient (Wildman–Crippen LogP) is 5.89. The zero-order valence-corrected chi connectivity index (χ0v) is 17.0. The molecule has 1 saturated carbocycles. The summed E-state index contributed by atoms with van der Waals surface area (Å²) in [5, 5.41) is 1.02. The van der Waals surface area contributed by atoms with Gasteiger partial charge in [-0.15, -0.1) is 0 Å². The molecule has 1 aliphatic heterocycles. The van der Waals surface area contributed by atoms with Crippen LogP contribution < -0.4 is 9.80 Å². The first kappa shape index (κ1) is 18.6. The van der Waals surface area contributed by atoms with Crippen LogP contribution in [0.25, 0.3) is 0 Å². The standard InChI is InChI=1S/C22H24Cl2N2O/c1-25-14-15(18-8-4-5-9-21(18)25)12-22(27)26(16-6-2-3-7-16)17-10-11-19(23)20(24)13-17/h4-5,8-11,13,15-16H,2-3,6-7,12,14H2,1H3. The van der Waals surface area contributed by atoms with Crippen molar-refractivity contribution in [2.45, 2.75) is 44.1 Å². The highest BCUT2D eigenvalue weighted by atomic mass is 35.5. The van der Waals surface area contributed by atoms with E-state index in [1.165, 1.54) is 24.1 Å². The monoisotopic (exact) mass is 402 g/mol. The van der Waals surface area contributed by atoms with Crippen LogP contribution in [0.2, 0.25) is 10.0 Å². The number of hydrogen-bond acceptors (Lipinski definition) is 2. The van der Waals surface area contributed by atoms with Crippen LogP contribution >= 0.6 is 23.2 Å². The van der Waals surface area contributed by atoms with Crippen molar-refractivity contribution in [3.05, 3.63) is 58.1 Å². The maximum Gasteiger partial charge on any atom is 0.227 e. The Morgan fingerprint density at radius 2 is 1.85 bits per heavy atom. The number of nitrogens with zero attached hydrogens (tertiary/aromatic N) is 2. The number of likely N-dealkylation sites (N-methyl/N-ethyl adjacent to an activating group) is 1. The van der Waals surface area contributed by atoms with Crippen molar-refractivity contribution in [1.29, 1.82) is 0 Å². The Bertz CT molecular complexity index is 848. The van der Waals surface area contributed by atoms with E-state index in [1.54, 1.807) is 6.07 Å². The Morgan fingerprint density at radius 3 is 2.59 bits per heavy atom. The van der Waals surface area contributed by atoms with Gasteiger partial charge in [-0.25, -0.2) is 0 Å². The SMILES string of the molecule is CN1CC(CC(=O)N(c2ccc(Cl)c(Cl)c2)C2CCCC2)c2ccccc21. The summed E-state index contributed by atoms with van der Waals surface area (Å²) < 4.78 is 0. The van der Waals surface area contributed by atoms with Gasteiger partial charge in [0.2, 0.25) is 5.91 Å². The number of para-hydroxylation sites is 1. The van der Waals surface area contributed by atoms with Crippen LogP contribution in [0, 0.1) is 0 Å². The lowest BCUT2D eigenvalue weighted by Crippen LogP contribution is -2.40. The average Bonchev–Trinajstić information content (AvgIpc) is 3.28. The van der Waals surface area contributed by atoms with Gasteiger partial charge in [-0.3, -0.25) is 4.79 Å². The Morgan fingerprint density at radius 1 is 1.11 bits per heavy atom. The molecule has 1 unspecified atom stereocenters. The highest BCUT2D eigenvalue weighted by Crippen LogP contribution is 2.39. The first-order valence-corrected chi connectivity index (χ1v) is 10.4. The van der Waals surface area contributed by atoms with Gasteiger partial charge >= 0.3 is 0 Å². The Kier molecular flexibility index (Phi) is 5.34. The van der Waals surface area contributed by atoms with Crippen molar-refractivity contribution < 1.29 is 4.79 Å². The molecule has 4 rings (SSSR count). The zero-order valence-electron chi connectivity index (χ0n) is 15.5. The van der Waals surface area contributed by atoms with Crippen LogP contribution in [0.1, 0.15) is 43.6 Å². The quantitative estimate of drug-likeness (QED) is 0.635. The molecule has 0 spiro atoms. The number of rotatable bonds is 4. The van der Waals surface area contributed by atoms with Crippen LogP contribution in [0.4, 0.5) is 11.4 Å². The van der Waals surface area contributed by atoms with E-state index < -0.39 is 0 Å². The molecule has 3 nitrogen and oxygen atoms in total. The van der Waals surface area contributed by atoms with E-state index in [9.17, 15) is 4.79 Å². The summed E-state index contributed by atoms with van der Waals surface area (Å²) in [4.78, 5) is 17.7. The molecule has 0 bridgehead atoms. The number of carbonyl (C=O) groups is 1. The normalized spacial score (nSPS) is 19.4. The van der Waals surface area contributed by atoms with Gasteiger partial charge in [0.25, 0.3) is 0 Å². The molecule has 142 valence electrons. The van der Waals surface area contributed by atoms with E-state index in [2.05, 4.69) is 36.2 Å². The van der Waals surface area contributed by atoms with Gasteiger partial charge in [-0.05, 0) is 42.7 Å². The summed E-state index contributed by atoms with van der Waals surface area (Å²) in [5.74, 6) is 0.403. The van der Waals surface area contributed by atoms with Crippen LogP contribution in [0.15, 0.2) is 42.5 Å². The summed E-state index contributed by atoms with van der Waals surface area (Å²) in [6.45, 7) is 0.880. The molecular formula is C22H24Cl2N2O. The smallest absolute Gasteiger partial charge is 0.227 e. The molecule has 2 aliphatic rings. The van der Waals surface area contributed by atoms with E-state index in [0.717, 1.165) is 25.1 Å². The van der Waals surface area contributed by atoms with Crippen LogP contribution in [-0.2, 0) is 4.79 Å². The first-order valence-electron chi connectivity index (χ1n) is 9.62. The topological polar surface area (TPSA) is 23.6 Å². The average molecular weight is 403 g/mol. The third-order valence-corrected chi connectivity index (χ3v) is 6.58. The van der Waals surface area contributed by atoms with Gasteiger partial charge in [0, 0.05) is 43.3 Å². The second-order valence-electron chi connectivity index (χ2n) is 7.64. The van der Waals surface area contributed by atoms with E-state index in [0.29, 0.717) is 16.5 Å². The molecule has 0 radical (unpaired) electrons. The number of benzene rings is 2. The fraction of sp³-hybridized carbons (Fsp3) is 0.409. The van der Waals surface area contributed by atoms with Gasteiger partial charge in [-0.2, -0.15) is 0 Å². The molecule has 1 fully saturated rings. The number of amides is 1. The van der Waals surface area contributed by atoms with Crippen LogP contribution in [-0.4, -0.2) is 25.5 Å². The predicted molar refractivity (Wildman–Crippen MR) is 113 cm³/mol. The van der Waals surface area contributed by atoms with Gasteiger partial charge in [0.15, 0.2) is 0 Å². The molecule has 0 saturated heterocycles. The van der Waals surface area contributed by atoms with E-state index in [4.69, 9.17) is 23.2 Å². The van der Waals surface area contributed by atoms with Crippen LogP contribution in [0.5, 0.6) is 0 Å². The summed E-state index contributed by atoms with van der Waals surface area (Å²) in [7, 11) is 2.09. The van der Waals surface area contributed by atoms with E-state index in [-0.39, 0.29) is 17.9 Å². The highest BCUT2D eigenvalue weighted by Gasteiger charge is 2.33. The molecule has 0 aromatic heterocycles. The Labute approximate surface area is 170 Å². The molecule has 2 aromatic rings. The van der Waals surface area contributed by atoms with Gasteiger partial charge in [0.05, 0.1) is 10.0 Å². The van der Waals surface area contributed by atoms with Crippen molar-refractivity contribution in [1.82, 2.24) is 0 Å². The molecule has 5 heteroatoms.